The van der Waals surface area contributed by atoms with Crippen molar-refractivity contribution in [2.24, 2.45) is 0 Å². The first-order valence-corrected chi connectivity index (χ1v) is 3.68. The van der Waals surface area contributed by atoms with Gasteiger partial charge in [0, 0.05) is 5.69 Å². The Morgan fingerprint density at radius 1 is 1.54 bits per heavy atom. The third kappa shape index (κ3) is 2.05. The number of carboxylic acid groups (broad SMARTS) is 1. The monoisotopic (exact) mass is 179 g/mol. The Kier molecular flexibility index (Phi) is 2.64. The number of aldehydes is 1. The smallest absolute Gasteiger partial charge is 0.318 e. The summed E-state index contributed by atoms with van der Waals surface area (Å²) < 4.78 is 0. The minimum absolute atomic E-state index is 0.386. The maximum Gasteiger partial charge on any atom is 0.318 e. The Bertz CT molecular complexity index is 335. The van der Waals surface area contributed by atoms with Gasteiger partial charge in [0.15, 0.2) is 0 Å². The Hall–Kier alpha value is -1.84. The summed E-state index contributed by atoms with van der Waals surface area (Å²) in [6, 6.07) is 6.29. The Balaban J connectivity index is 3.04. The topological polar surface area (TPSA) is 80.4 Å². The Morgan fingerprint density at radius 3 is 2.69 bits per heavy atom. The molecule has 0 bridgehead atoms. The fourth-order valence-electron chi connectivity index (χ4n) is 1.03. The van der Waals surface area contributed by atoms with Gasteiger partial charge in [-0.2, -0.15) is 0 Å². The second kappa shape index (κ2) is 3.71. The average Bonchev–Trinajstić information content (AvgIpc) is 2.04. The van der Waals surface area contributed by atoms with E-state index >= 15 is 0 Å². The third-order valence-corrected chi connectivity index (χ3v) is 1.67. The molecule has 1 aromatic rings. The van der Waals surface area contributed by atoms with Gasteiger partial charge in [-0.1, -0.05) is 12.1 Å². The van der Waals surface area contributed by atoms with Crippen LogP contribution in [0.25, 0.3) is 0 Å². The first kappa shape index (κ1) is 9.25. The summed E-state index contributed by atoms with van der Waals surface area (Å²) in [5.41, 5.74) is 6.30. The molecule has 0 aliphatic heterocycles. The molecule has 0 saturated carbocycles. The molecule has 1 atom stereocenters. The van der Waals surface area contributed by atoms with Gasteiger partial charge in [-0.05, 0) is 17.7 Å². The highest BCUT2D eigenvalue weighted by Gasteiger charge is 2.18. The fraction of sp³-hybridized carbons (Fsp3) is 0.111. The summed E-state index contributed by atoms with van der Waals surface area (Å²) in [7, 11) is 0. The lowest BCUT2D eigenvalue weighted by Gasteiger charge is -2.05. The molecule has 4 nitrogen and oxygen atoms in total. The van der Waals surface area contributed by atoms with Crippen LogP contribution in [0.2, 0.25) is 0 Å². The molecule has 0 amide bonds. The van der Waals surface area contributed by atoms with Crippen LogP contribution in [0.5, 0.6) is 0 Å². The van der Waals surface area contributed by atoms with Gasteiger partial charge in [-0.25, -0.2) is 0 Å². The highest BCUT2D eigenvalue weighted by Crippen LogP contribution is 2.16. The van der Waals surface area contributed by atoms with Gasteiger partial charge in [0.2, 0.25) is 0 Å². The summed E-state index contributed by atoms with van der Waals surface area (Å²) in [5.74, 6) is -2.29. The second-order valence-corrected chi connectivity index (χ2v) is 2.62. The Labute approximate surface area is 75.0 Å². The molecule has 0 heterocycles. The van der Waals surface area contributed by atoms with E-state index in [0.717, 1.165) is 0 Å². The van der Waals surface area contributed by atoms with Crippen LogP contribution in [0.3, 0.4) is 0 Å². The molecule has 0 radical (unpaired) electrons. The van der Waals surface area contributed by atoms with Crippen LogP contribution in [0.4, 0.5) is 5.69 Å². The van der Waals surface area contributed by atoms with Crippen LogP contribution in [0.1, 0.15) is 11.5 Å². The molecule has 0 fully saturated rings. The van der Waals surface area contributed by atoms with Gasteiger partial charge >= 0.3 is 5.97 Å². The van der Waals surface area contributed by atoms with E-state index in [1.807, 2.05) is 0 Å². The molecule has 0 spiro atoms. The standard InChI is InChI=1S/C9H9NO3/c10-7-3-1-2-6(4-7)8(5-11)9(12)13/h1-5,8H,10H2,(H,12,13). The van der Waals surface area contributed by atoms with Crippen molar-refractivity contribution in [3.05, 3.63) is 29.8 Å². The number of hydrogen-bond donors (Lipinski definition) is 2. The highest BCUT2D eigenvalue weighted by molar-refractivity contribution is 5.93. The van der Waals surface area contributed by atoms with E-state index in [4.69, 9.17) is 10.8 Å². The van der Waals surface area contributed by atoms with Crippen molar-refractivity contribution in [1.29, 1.82) is 0 Å². The number of rotatable bonds is 3. The maximum atomic E-state index is 10.6. The van der Waals surface area contributed by atoms with Gasteiger partial charge in [-0.3, -0.25) is 4.79 Å². The van der Waals surface area contributed by atoms with Crippen molar-refractivity contribution >= 4 is 17.9 Å². The predicted molar refractivity (Wildman–Crippen MR) is 47.3 cm³/mol. The lowest BCUT2D eigenvalue weighted by Crippen LogP contribution is -2.12. The van der Waals surface area contributed by atoms with Gasteiger partial charge in [0.05, 0.1) is 0 Å². The second-order valence-electron chi connectivity index (χ2n) is 2.62. The number of hydrogen-bond acceptors (Lipinski definition) is 3. The van der Waals surface area contributed by atoms with Crippen LogP contribution in [-0.4, -0.2) is 17.4 Å². The van der Waals surface area contributed by atoms with Crippen molar-refractivity contribution in [2.45, 2.75) is 5.92 Å². The molecular formula is C9H9NO3. The van der Waals surface area contributed by atoms with Crippen molar-refractivity contribution in [2.75, 3.05) is 5.73 Å². The van der Waals surface area contributed by atoms with Gasteiger partial charge in [0.1, 0.15) is 12.2 Å². The molecule has 0 aliphatic carbocycles. The van der Waals surface area contributed by atoms with E-state index in [1.54, 1.807) is 18.2 Å². The molecule has 4 heteroatoms. The number of anilines is 1. The van der Waals surface area contributed by atoms with Crippen molar-refractivity contribution < 1.29 is 14.7 Å². The normalized spacial score (nSPS) is 12.0. The zero-order chi connectivity index (χ0) is 9.84. The predicted octanol–water partition coefficient (Wildman–Crippen LogP) is 0.636. The first-order chi connectivity index (χ1) is 6.15. The van der Waals surface area contributed by atoms with Gasteiger partial charge < -0.3 is 15.6 Å². The zero-order valence-electron chi connectivity index (χ0n) is 6.81. The van der Waals surface area contributed by atoms with Crippen molar-refractivity contribution in [3.8, 4) is 0 Å². The molecular weight excluding hydrogens is 170 g/mol. The highest BCUT2D eigenvalue weighted by atomic mass is 16.4. The van der Waals surface area contributed by atoms with E-state index < -0.39 is 11.9 Å². The van der Waals surface area contributed by atoms with Crippen LogP contribution in [-0.2, 0) is 9.59 Å². The van der Waals surface area contributed by atoms with Crippen molar-refractivity contribution in [3.63, 3.8) is 0 Å². The lowest BCUT2D eigenvalue weighted by molar-refractivity contribution is -0.140. The Morgan fingerprint density at radius 2 is 2.23 bits per heavy atom. The lowest BCUT2D eigenvalue weighted by atomic mass is 10.0. The summed E-state index contributed by atoms with van der Waals surface area (Å²) in [6.07, 6.45) is 0.386. The van der Waals surface area contributed by atoms with Crippen LogP contribution in [0, 0.1) is 0 Å². The molecule has 1 rings (SSSR count). The molecule has 13 heavy (non-hydrogen) atoms. The number of carboxylic acids is 1. The number of benzene rings is 1. The summed E-state index contributed by atoms with van der Waals surface area (Å²) >= 11 is 0. The molecule has 1 aromatic carbocycles. The minimum atomic E-state index is -1.17. The van der Waals surface area contributed by atoms with E-state index in [0.29, 0.717) is 17.5 Å². The molecule has 0 aromatic heterocycles. The molecule has 0 saturated heterocycles. The largest absolute Gasteiger partial charge is 0.480 e. The van der Waals surface area contributed by atoms with Gasteiger partial charge in [-0.15, -0.1) is 0 Å². The fourth-order valence-corrected chi connectivity index (χ4v) is 1.03. The average molecular weight is 179 g/mol. The molecule has 3 N–H and O–H groups in total. The summed E-state index contributed by atoms with van der Waals surface area (Å²) in [5, 5.41) is 8.65. The maximum absolute atomic E-state index is 10.6. The summed E-state index contributed by atoms with van der Waals surface area (Å²) in [4.78, 5) is 21.0. The number of carbonyl (C=O) groups excluding carboxylic acids is 1. The van der Waals surface area contributed by atoms with E-state index in [9.17, 15) is 9.59 Å². The number of carbonyl (C=O) groups is 2. The van der Waals surface area contributed by atoms with Gasteiger partial charge in [0.25, 0.3) is 0 Å². The van der Waals surface area contributed by atoms with Crippen LogP contribution < -0.4 is 5.73 Å². The first-order valence-electron chi connectivity index (χ1n) is 3.68. The number of aliphatic carboxylic acids is 1. The molecule has 0 aliphatic rings. The zero-order valence-corrected chi connectivity index (χ0v) is 6.81. The van der Waals surface area contributed by atoms with Crippen LogP contribution in [0.15, 0.2) is 24.3 Å². The van der Waals surface area contributed by atoms with Crippen molar-refractivity contribution in [1.82, 2.24) is 0 Å². The third-order valence-electron chi connectivity index (χ3n) is 1.67. The van der Waals surface area contributed by atoms with E-state index in [-0.39, 0.29) is 0 Å². The number of nitrogen functional groups attached to an aromatic ring is 1. The van der Waals surface area contributed by atoms with Crippen LogP contribution >= 0.6 is 0 Å². The quantitative estimate of drug-likeness (QED) is 0.405. The molecule has 1 unspecified atom stereocenters. The van der Waals surface area contributed by atoms with E-state index in [1.165, 1.54) is 6.07 Å². The minimum Gasteiger partial charge on any atom is -0.480 e. The van der Waals surface area contributed by atoms with E-state index in [2.05, 4.69) is 0 Å². The summed E-state index contributed by atoms with van der Waals surface area (Å²) in [6.45, 7) is 0. The SMILES string of the molecule is Nc1cccc(C(C=O)C(=O)O)c1. The number of nitrogens with two attached hydrogens (primary N) is 1. The molecule has 68 valence electrons.